The number of halogens is 1. The van der Waals surface area contributed by atoms with Gasteiger partial charge in [0.2, 0.25) is 5.88 Å². The quantitative estimate of drug-likeness (QED) is 0.746. The summed E-state index contributed by atoms with van der Waals surface area (Å²) in [6, 6.07) is 6.91. The first-order valence-electron chi connectivity index (χ1n) is 4.85. The Morgan fingerprint density at radius 3 is 2.65 bits per heavy atom. The van der Waals surface area contributed by atoms with Crippen LogP contribution >= 0.6 is 11.6 Å². The molecule has 2 rings (SSSR count). The van der Waals surface area contributed by atoms with Gasteiger partial charge in [-0.05, 0) is 17.7 Å². The Bertz CT molecular complexity index is 660. The average Bonchev–Trinajstić information content (AvgIpc) is 2.23. The molecule has 0 atom stereocenters. The van der Waals surface area contributed by atoms with Crippen molar-refractivity contribution in [1.82, 2.24) is 9.97 Å². The Morgan fingerprint density at radius 1 is 1.24 bits per heavy atom. The zero-order valence-electron chi connectivity index (χ0n) is 8.66. The van der Waals surface area contributed by atoms with Crippen molar-refractivity contribution in [2.75, 3.05) is 0 Å². The summed E-state index contributed by atoms with van der Waals surface area (Å²) in [5.41, 5.74) is -0.467. The number of aromatic hydroxyl groups is 1. The summed E-state index contributed by atoms with van der Waals surface area (Å²) in [5.74, 6) is -0.418. The highest BCUT2D eigenvalue weighted by atomic mass is 35.5. The third kappa shape index (κ3) is 2.57. The summed E-state index contributed by atoms with van der Waals surface area (Å²) < 4.78 is 0. The van der Waals surface area contributed by atoms with Crippen LogP contribution in [0, 0.1) is 0 Å². The Hall–Kier alpha value is -2.01. The van der Waals surface area contributed by atoms with Crippen molar-refractivity contribution in [3.8, 4) is 5.88 Å². The minimum atomic E-state index is -0.734. The lowest BCUT2D eigenvalue weighted by atomic mass is 10.1. The highest BCUT2D eigenvalue weighted by Crippen LogP contribution is 2.16. The first kappa shape index (κ1) is 11.5. The standard InChI is InChI=1S/C11H9ClN2O3/c12-7-3-1-2-6(4-7)5-8-9(15)13-11(17)14-10(8)16/h1-4H,5H2,(H3,13,14,15,16,17). The van der Waals surface area contributed by atoms with Crippen LogP contribution in [0.4, 0.5) is 0 Å². The Labute approximate surface area is 101 Å². The molecule has 5 nitrogen and oxygen atoms in total. The highest BCUT2D eigenvalue weighted by Gasteiger charge is 2.09. The van der Waals surface area contributed by atoms with Crippen molar-refractivity contribution in [2.24, 2.45) is 0 Å². The van der Waals surface area contributed by atoms with Gasteiger partial charge in [0.1, 0.15) is 0 Å². The van der Waals surface area contributed by atoms with Crippen LogP contribution in [0.1, 0.15) is 11.1 Å². The number of aromatic amines is 2. The molecular formula is C11H9ClN2O3. The number of benzene rings is 1. The molecule has 0 fully saturated rings. The monoisotopic (exact) mass is 252 g/mol. The fraction of sp³-hybridized carbons (Fsp3) is 0.0909. The predicted molar refractivity (Wildman–Crippen MR) is 63.6 cm³/mol. The van der Waals surface area contributed by atoms with Crippen molar-refractivity contribution in [3.63, 3.8) is 0 Å². The lowest BCUT2D eigenvalue weighted by Crippen LogP contribution is -2.25. The third-order valence-electron chi connectivity index (χ3n) is 2.29. The molecule has 0 spiro atoms. The molecule has 0 radical (unpaired) electrons. The van der Waals surface area contributed by atoms with E-state index in [1.807, 2.05) is 0 Å². The maximum Gasteiger partial charge on any atom is 0.328 e. The van der Waals surface area contributed by atoms with Gasteiger partial charge < -0.3 is 5.11 Å². The summed E-state index contributed by atoms with van der Waals surface area (Å²) in [6.45, 7) is 0. The van der Waals surface area contributed by atoms with Crippen LogP contribution in [0.5, 0.6) is 5.88 Å². The van der Waals surface area contributed by atoms with Crippen molar-refractivity contribution in [1.29, 1.82) is 0 Å². The summed E-state index contributed by atoms with van der Waals surface area (Å²) >= 11 is 5.81. The lowest BCUT2D eigenvalue weighted by molar-refractivity contribution is 0.441. The maximum atomic E-state index is 11.5. The zero-order chi connectivity index (χ0) is 12.4. The van der Waals surface area contributed by atoms with Gasteiger partial charge >= 0.3 is 5.69 Å². The van der Waals surface area contributed by atoms with Gasteiger partial charge in [-0.3, -0.25) is 14.8 Å². The number of aromatic nitrogens is 2. The highest BCUT2D eigenvalue weighted by molar-refractivity contribution is 6.30. The summed E-state index contributed by atoms with van der Waals surface area (Å²) in [5, 5.41) is 10.0. The molecule has 0 bridgehead atoms. The van der Waals surface area contributed by atoms with E-state index < -0.39 is 17.1 Å². The van der Waals surface area contributed by atoms with Gasteiger partial charge in [0.25, 0.3) is 5.56 Å². The minimum absolute atomic E-state index is 0.104. The third-order valence-corrected chi connectivity index (χ3v) is 2.52. The molecule has 1 aromatic heterocycles. The van der Waals surface area contributed by atoms with E-state index in [4.69, 9.17) is 11.6 Å². The zero-order valence-corrected chi connectivity index (χ0v) is 9.41. The second-order valence-corrected chi connectivity index (χ2v) is 3.98. The predicted octanol–water partition coefficient (Wildman–Crippen LogP) is 1.01. The fourth-order valence-corrected chi connectivity index (χ4v) is 1.73. The van der Waals surface area contributed by atoms with Crippen LogP contribution in [0.2, 0.25) is 5.02 Å². The number of hydrogen-bond acceptors (Lipinski definition) is 3. The van der Waals surface area contributed by atoms with Crippen molar-refractivity contribution in [2.45, 2.75) is 6.42 Å². The molecule has 1 heterocycles. The number of rotatable bonds is 2. The molecule has 3 N–H and O–H groups in total. The van der Waals surface area contributed by atoms with E-state index in [0.717, 1.165) is 5.56 Å². The van der Waals surface area contributed by atoms with E-state index in [1.165, 1.54) is 0 Å². The molecule has 88 valence electrons. The molecule has 2 aromatic rings. The molecular weight excluding hydrogens is 244 g/mol. The van der Waals surface area contributed by atoms with E-state index in [0.29, 0.717) is 5.02 Å². The van der Waals surface area contributed by atoms with Crippen molar-refractivity contribution < 1.29 is 5.11 Å². The van der Waals surface area contributed by atoms with Gasteiger partial charge in [-0.2, -0.15) is 0 Å². The maximum absolute atomic E-state index is 11.5. The summed E-state index contributed by atoms with van der Waals surface area (Å²) in [4.78, 5) is 26.5. The van der Waals surface area contributed by atoms with E-state index in [-0.39, 0.29) is 12.0 Å². The molecule has 0 aliphatic heterocycles. The molecule has 0 aliphatic carbocycles. The Morgan fingerprint density at radius 2 is 2.00 bits per heavy atom. The molecule has 0 saturated heterocycles. The van der Waals surface area contributed by atoms with Crippen LogP contribution in [0.25, 0.3) is 0 Å². The van der Waals surface area contributed by atoms with Crippen LogP contribution in [-0.2, 0) is 6.42 Å². The van der Waals surface area contributed by atoms with E-state index in [9.17, 15) is 14.7 Å². The normalized spacial score (nSPS) is 10.4. The van der Waals surface area contributed by atoms with Gasteiger partial charge in [-0.15, -0.1) is 0 Å². The van der Waals surface area contributed by atoms with Crippen molar-refractivity contribution >= 4 is 11.6 Å². The van der Waals surface area contributed by atoms with E-state index >= 15 is 0 Å². The van der Waals surface area contributed by atoms with Gasteiger partial charge in [0, 0.05) is 11.4 Å². The second-order valence-electron chi connectivity index (χ2n) is 3.54. The van der Waals surface area contributed by atoms with Crippen LogP contribution in [0.3, 0.4) is 0 Å². The van der Waals surface area contributed by atoms with E-state index in [2.05, 4.69) is 9.97 Å². The average molecular weight is 253 g/mol. The first-order chi connectivity index (χ1) is 8.06. The largest absolute Gasteiger partial charge is 0.494 e. The molecule has 0 amide bonds. The van der Waals surface area contributed by atoms with Crippen LogP contribution in [0.15, 0.2) is 33.9 Å². The van der Waals surface area contributed by atoms with Gasteiger partial charge in [-0.1, -0.05) is 23.7 Å². The second kappa shape index (κ2) is 4.47. The van der Waals surface area contributed by atoms with Gasteiger partial charge in [-0.25, -0.2) is 4.79 Å². The molecule has 0 saturated carbocycles. The first-order valence-corrected chi connectivity index (χ1v) is 5.23. The Balaban J connectivity index is 2.43. The molecule has 1 aromatic carbocycles. The SMILES string of the molecule is O=c1[nH]c(O)c(Cc2cccc(Cl)c2)c(=O)[nH]1. The number of nitrogens with one attached hydrogen (secondary N) is 2. The minimum Gasteiger partial charge on any atom is -0.494 e. The van der Waals surface area contributed by atoms with Crippen LogP contribution in [-0.4, -0.2) is 15.1 Å². The Kier molecular flexibility index (Phi) is 3.01. The van der Waals surface area contributed by atoms with Crippen LogP contribution < -0.4 is 11.2 Å². The molecule has 0 aliphatic rings. The number of H-pyrrole nitrogens is 2. The smallest absolute Gasteiger partial charge is 0.328 e. The molecule has 6 heteroatoms. The topological polar surface area (TPSA) is 85.9 Å². The van der Waals surface area contributed by atoms with Crippen molar-refractivity contribution in [3.05, 3.63) is 61.3 Å². The summed E-state index contributed by atoms with van der Waals surface area (Å²) in [7, 11) is 0. The van der Waals surface area contributed by atoms with Gasteiger partial charge in [0.05, 0.1) is 5.56 Å². The molecule has 17 heavy (non-hydrogen) atoms. The molecule has 0 unspecified atom stereocenters. The number of hydrogen-bond donors (Lipinski definition) is 3. The lowest BCUT2D eigenvalue weighted by Gasteiger charge is -2.03. The van der Waals surface area contributed by atoms with E-state index in [1.54, 1.807) is 24.3 Å². The van der Waals surface area contributed by atoms with Gasteiger partial charge in [0.15, 0.2) is 0 Å². The fourth-order valence-electron chi connectivity index (χ4n) is 1.52. The summed E-state index contributed by atoms with van der Waals surface area (Å²) in [6.07, 6.45) is 0.193.